The molecule has 1 saturated heterocycles. The number of hydrogen-bond donors (Lipinski definition) is 0. The third kappa shape index (κ3) is 4.22. The topological polar surface area (TPSA) is 44.8 Å². The summed E-state index contributed by atoms with van der Waals surface area (Å²) in [6.07, 6.45) is 9.25. The first-order valence-electron chi connectivity index (χ1n) is 10.7. The van der Waals surface area contributed by atoms with Gasteiger partial charge in [0.25, 0.3) is 0 Å². The van der Waals surface area contributed by atoms with E-state index in [1.165, 1.54) is 17.5 Å². The highest BCUT2D eigenvalue weighted by atomic mass is 16.7. The van der Waals surface area contributed by atoms with Gasteiger partial charge in [0.05, 0.1) is 7.11 Å². The quantitative estimate of drug-likeness (QED) is 0.668. The zero-order chi connectivity index (χ0) is 18.6. The van der Waals surface area contributed by atoms with Crippen LogP contribution in [0.1, 0.15) is 56.1 Å². The molecule has 3 unspecified atom stereocenters. The van der Waals surface area contributed by atoms with Crippen LogP contribution in [-0.2, 0) is 27.1 Å². The van der Waals surface area contributed by atoms with Gasteiger partial charge in [0.2, 0.25) is 0 Å². The second-order valence-corrected chi connectivity index (χ2v) is 8.37. The summed E-state index contributed by atoms with van der Waals surface area (Å²) >= 11 is 0. The average molecular weight is 373 g/mol. The van der Waals surface area contributed by atoms with Crippen molar-refractivity contribution in [1.29, 1.82) is 0 Å². The van der Waals surface area contributed by atoms with Crippen LogP contribution in [-0.4, -0.2) is 32.4 Å². The smallest absolute Gasteiger partial charge is 0.157 e. The van der Waals surface area contributed by atoms with Crippen molar-refractivity contribution in [3.05, 3.63) is 29.3 Å². The number of carbonyl (C=O) groups is 1. The molecule has 2 fully saturated rings. The Balaban J connectivity index is 1.28. The monoisotopic (exact) mass is 372 g/mol. The SMILES string of the molecule is COc1cccc2c1CC1CC(=O)C(CCCCOC3CCCCO3)[C@H]1C2. The zero-order valence-electron chi connectivity index (χ0n) is 16.5. The highest BCUT2D eigenvalue weighted by molar-refractivity contribution is 5.84. The summed E-state index contributed by atoms with van der Waals surface area (Å²) in [6.45, 7) is 1.58. The third-order valence-electron chi connectivity index (χ3n) is 6.72. The van der Waals surface area contributed by atoms with E-state index in [0.717, 1.165) is 70.3 Å². The van der Waals surface area contributed by atoms with Crippen molar-refractivity contribution in [1.82, 2.24) is 0 Å². The fourth-order valence-electron chi connectivity index (χ4n) is 5.30. The van der Waals surface area contributed by atoms with Gasteiger partial charge in [0, 0.05) is 25.6 Å². The lowest BCUT2D eigenvalue weighted by Gasteiger charge is -2.31. The van der Waals surface area contributed by atoms with E-state index >= 15 is 0 Å². The number of Topliss-reactive ketones (excluding diaryl/α,β-unsaturated/α-hetero) is 1. The van der Waals surface area contributed by atoms with Gasteiger partial charge in [-0.05, 0) is 74.0 Å². The minimum atomic E-state index is 0.000990. The summed E-state index contributed by atoms with van der Waals surface area (Å²) in [4.78, 5) is 12.7. The maximum absolute atomic E-state index is 12.7. The van der Waals surface area contributed by atoms with Crippen LogP contribution >= 0.6 is 0 Å². The largest absolute Gasteiger partial charge is 0.496 e. The van der Waals surface area contributed by atoms with Gasteiger partial charge in [-0.2, -0.15) is 0 Å². The third-order valence-corrected chi connectivity index (χ3v) is 6.72. The number of unbranched alkanes of at least 4 members (excludes halogenated alkanes) is 1. The molecule has 27 heavy (non-hydrogen) atoms. The van der Waals surface area contributed by atoms with Gasteiger partial charge in [-0.15, -0.1) is 0 Å². The Morgan fingerprint density at radius 3 is 2.89 bits per heavy atom. The Hall–Kier alpha value is -1.39. The number of carbonyl (C=O) groups excluding carboxylic acids is 1. The van der Waals surface area contributed by atoms with E-state index in [1.807, 2.05) is 6.07 Å². The summed E-state index contributed by atoms with van der Waals surface area (Å²) in [7, 11) is 1.74. The van der Waals surface area contributed by atoms with Gasteiger partial charge >= 0.3 is 0 Å². The lowest BCUT2D eigenvalue weighted by Crippen LogP contribution is -2.26. The Morgan fingerprint density at radius 2 is 2.07 bits per heavy atom. The number of methoxy groups -OCH3 is 1. The molecule has 1 aromatic rings. The Kier molecular flexibility index (Phi) is 6.14. The van der Waals surface area contributed by atoms with Crippen molar-refractivity contribution in [3.8, 4) is 5.75 Å². The van der Waals surface area contributed by atoms with Crippen LogP contribution in [0.25, 0.3) is 0 Å². The van der Waals surface area contributed by atoms with Gasteiger partial charge in [-0.3, -0.25) is 4.79 Å². The lowest BCUT2D eigenvalue weighted by atomic mass is 9.73. The number of hydrogen-bond acceptors (Lipinski definition) is 4. The maximum atomic E-state index is 12.7. The summed E-state index contributed by atoms with van der Waals surface area (Å²) in [5, 5.41) is 0. The summed E-state index contributed by atoms with van der Waals surface area (Å²) in [5.41, 5.74) is 2.71. The molecule has 3 aliphatic rings. The molecular formula is C23H32O4. The average Bonchev–Trinajstić information content (AvgIpc) is 3.00. The zero-order valence-corrected chi connectivity index (χ0v) is 16.5. The molecule has 1 aromatic carbocycles. The second kappa shape index (κ2) is 8.74. The molecule has 4 atom stereocenters. The van der Waals surface area contributed by atoms with Crippen molar-refractivity contribution in [2.75, 3.05) is 20.3 Å². The fraction of sp³-hybridized carbons (Fsp3) is 0.696. The number of rotatable bonds is 7. The Labute approximate surface area is 162 Å². The first-order chi connectivity index (χ1) is 13.3. The van der Waals surface area contributed by atoms with Gasteiger partial charge in [0.15, 0.2) is 6.29 Å². The highest BCUT2D eigenvalue weighted by Gasteiger charge is 2.44. The molecule has 0 N–H and O–H groups in total. The Bertz CT molecular complexity index is 650. The van der Waals surface area contributed by atoms with E-state index in [-0.39, 0.29) is 12.2 Å². The molecule has 2 aliphatic carbocycles. The van der Waals surface area contributed by atoms with Crippen LogP contribution in [0, 0.1) is 17.8 Å². The maximum Gasteiger partial charge on any atom is 0.157 e. The minimum absolute atomic E-state index is 0.000990. The fourth-order valence-corrected chi connectivity index (χ4v) is 5.30. The molecule has 1 aliphatic heterocycles. The van der Waals surface area contributed by atoms with E-state index in [0.29, 0.717) is 17.6 Å². The van der Waals surface area contributed by atoms with Crippen molar-refractivity contribution < 1.29 is 19.0 Å². The van der Waals surface area contributed by atoms with Crippen molar-refractivity contribution in [2.45, 2.75) is 64.1 Å². The van der Waals surface area contributed by atoms with E-state index < -0.39 is 0 Å². The summed E-state index contributed by atoms with van der Waals surface area (Å²) in [6, 6.07) is 6.34. The lowest BCUT2D eigenvalue weighted by molar-refractivity contribution is -0.162. The molecule has 4 rings (SSSR count). The second-order valence-electron chi connectivity index (χ2n) is 8.37. The van der Waals surface area contributed by atoms with Gasteiger partial charge in [-0.25, -0.2) is 0 Å². The number of ketones is 1. The number of benzene rings is 1. The van der Waals surface area contributed by atoms with E-state index in [9.17, 15) is 4.79 Å². The summed E-state index contributed by atoms with van der Waals surface area (Å²) < 4.78 is 17.0. The molecular weight excluding hydrogens is 340 g/mol. The predicted octanol–water partition coefficient (Wildman–Crippen LogP) is 4.33. The molecule has 0 amide bonds. The van der Waals surface area contributed by atoms with Crippen LogP contribution in [0.15, 0.2) is 18.2 Å². The molecule has 4 nitrogen and oxygen atoms in total. The first kappa shape index (κ1) is 18.9. The van der Waals surface area contributed by atoms with Gasteiger partial charge < -0.3 is 14.2 Å². The first-order valence-corrected chi connectivity index (χ1v) is 10.7. The molecule has 4 heteroatoms. The normalized spacial score (nSPS) is 30.0. The number of ether oxygens (including phenoxy) is 3. The molecule has 0 spiro atoms. The van der Waals surface area contributed by atoms with Gasteiger partial charge in [0.1, 0.15) is 11.5 Å². The minimum Gasteiger partial charge on any atom is -0.496 e. The summed E-state index contributed by atoms with van der Waals surface area (Å²) in [5.74, 6) is 2.72. The van der Waals surface area contributed by atoms with E-state index in [4.69, 9.17) is 14.2 Å². The van der Waals surface area contributed by atoms with Crippen molar-refractivity contribution in [3.63, 3.8) is 0 Å². The Morgan fingerprint density at radius 1 is 1.15 bits per heavy atom. The standard InChI is InChI=1S/C23H32O4/c1-25-22-9-6-7-16-13-19-17(14-20(16)22)15-21(24)18(19)8-2-4-11-26-23-10-3-5-12-27-23/h6-7,9,17-19,23H,2-5,8,10-15H2,1H3/t17?,18?,19-,23?/m0/s1. The van der Waals surface area contributed by atoms with E-state index in [1.54, 1.807) is 7.11 Å². The molecule has 1 heterocycles. The van der Waals surface area contributed by atoms with Crippen LogP contribution in [0.5, 0.6) is 5.75 Å². The predicted molar refractivity (Wildman–Crippen MR) is 104 cm³/mol. The van der Waals surface area contributed by atoms with E-state index in [2.05, 4.69) is 12.1 Å². The van der Waals surface area contributed by atoms with Crippen LogP contribution in [0.3, 0.4) is 0 Å². The molecule has 0 aromatic heterocycles. The molecule has 0 bridgehead atoms. The molecule has 148 valence electrons. The molecule has 0 radical (unpaired) electrons. The van der Waals surface area contributed by atoms with Crippen molar-refractivity contribution >= 4 is 5.78 Å². The van der Waals surface area contributed by atoms with Gasteiger partial charge in [-0.1, -0.05) is 18.6 Å². The van der Waals surface area contributed by atoms with Crippen LogP contribution in [0.2, 0.25) is 0 Å². The highest BCUT2D eigenvalue weighted by Crippen LogP contribution is 2.46. The van der Waals surface area contributed by atoms with Crippen LogP contribution in [0.4, 0.5) is 0 Å². The van der Waals surface area contributed by atoms with Crippen molar-refractivity contribution in [2.24, 2.45) is 17.8 Å². The number of fused-ring (bicyclic) bond motifs is 2. The molecule has 1 saturated carbocycles. The van der Waals surface area contributed by atoms with Crippen LogP contribution < -0.4 is 4.74 Å².